The first-order chi connectivity index (χ1) is 9.18. The van der Waals surface area contributed by atoms with Gasteiger partial charge in [0.25, 0.3) is 5.56 Å². The molecule has 19 heavy (non-hydrogen) atoms. The van der Waals surface area contributed by atoms with Crippen LogP contribution in [0.2, 0.25) is 0 Å². The average Bonchev–Trinajstić information content (AvgIpc) is 2.44. The van der Waals surface area contributed by atoms with Crippen LogP contribution in [0.4, 0.5) is 5.69 Å². The Labute approximate surface area is 122 Å². The summed E-state index contributed by atoms with van der Waals surface area (Å²) < 4.78 is 1.88. The van der Waals surface area contributed by atoms with E-state index in [0.29, 0.717) is 4.47 Å². The highest BCUT2D eigenvalue weighted by Gasteiger charge is 2.09. The van der Waals surface area contributed by atoms with Crippen molar-refractivity contribution in [2.45, 2.75) is 25.7 Å². The molecule has 0 bridgehead atoms. The highest BCUT2D eigenvalue weighted by atomic mass is 79.9. The van der Waals surface area contributed by atoms with Crippen LogP contribution in [0.1, 0.15) is 25.7 Å². The lowest BCUT2D eigenvalue weighted by Gasteiger charge is -2.26. The Morgan fingerprint density at radius 3 is 2.84 bits per heavy atom. The fourth-order valence-corrected chi connectivity index (χ4v) is 2.84. The second-order valence-electron chi connectivity index (χ2n) is 4.98. The topological polar surface area (TPSA) is 50.2 Å². The summed E-state index contributed by atoms with van der Waals surface area (Å²) in [4.78, 5) is 14.2. The van der Waals surface area contributed by atoms with Gasteiger partial charge in [-0.1, -0.05) is 6.42 Å². The molecule has 0 aliphatic carbocycles. The number of hydrogen-bond acceptors (Lipinski definition) is 4. The number of rotatable bonds is 5. The van der Waals surface area contributed by atoms with E-state index < -0.39 is 0 Å². The van der Waals surface area contributed by atoms with Crippen molar-refractivity contribution >= 4 is 21.6 Å². The second-order valence-corrected chi connectivity index (χ2v) is 5.78. The molecule has 6 heteroatoms. The van der Waals surface area contributed by atoms with Gasteiger partial charge in [-0.3, -0.25) is 4.79 Å². The maximum atomic E-state index is 11.7. The molecule has 0 unspecified atom stereocenters. The Morgan fingerprint density at radius 1 is 1.37 bits per heavy atom. The Kier molecular flexibility index (Phi) is 5.39. The summed E-state index contributed by atoms with van der Waals surface area (Å²) in [5, 5.41) is 7.28. The van der Waals surface area contributed by atoms with Crippen LogP contribution in [0.25, 0.3) is 0 Å². The van der Waals surface area contributed by atoms with Crippen LogP contribution in [0.15, 0.2) is 15.5 Å². The Hall–Kier alpha value is -0.880. The molecule has 1 N–H and O–H groups in total. The Balaban J connectivity index is 1.76. The minimum Gasteiger partial charge on any atom is -0.383 e. The summed E-state index contributed by atoms with van der Waals surface area (Å²) in [7, 11) is 1.65. The van der Waals surface area contributed by atoms with E-state index in [0.717, 1.165) is 25.2 Å². The monoisotopic (exact) mass is 328 g/mol. The van der Waals surface area contributed by atoms with Crippen LogP contribution in [0.5, 0.6) is 0 Å². The van der Waals surface area contributed by atoms with Crippen molar-refractivity contribution in [3.63, 3.8) is 0 Å². The molecule has 106 valence electrons. The maximum absolute atomic E-state index is 11.7. The molecule has 1 aliphatic rings. The quantitative estimate of drug-likeness (QED) is 0.838. The largest absolute Gasteiger partial charge is 0.383 e. The van der Waals surface area contributed by atoms with Crippen molar-refractivity contribution in [2.75, 3.05) is 31.5 Å². The van der Waals surface area contributed by atoms with Crippen LogP contribution < -0.4 is 10.9 Å². The van der Waals surface area contributed by atoms with E-state index >= 15 is 0 Å². The van der Waals surface area contributed by atoms with E-state index in [9.17, 15) is 4.79 Å². The molecule has 0 aromatic carbocycles. The lowest BCUT2D eigenvalue weighted by molar-refractivity contribution is 0.228. The first-order valence-electron chi connectivity index (χ1n) is 6.86. The summed E-state index contributed by atoms with van der Waals surface area (Å²) >= 11 is 3.31. The molecule has 0 amide bonds. The third kappa shape index (κ3) is 4.04. The molecule has 1 aromatic heterocycles. The number of hydrogen-bond donors (Lipinski definition) is 1. The first kappa shape index (κ1) is 14.5. The lowest BCUT2D eigenvalue weighted by Crippen LogP contribution is -2.31. The summed E-state index contributed by atoms with van der Waals surface area (Å²) in [6.07, 6.45) is 6.81. The Morgan fingerprint density at radius 2 is 2.11 bits per heavy atom. The number of likely N-dealkylation sites (tertiary alicyclic amines) is 1. The molecule has 1 aliphatic heterocycles. The van der Waals surface area contributed by atoms with Crippen molar-refractivity contribution in [1.29, 1.82) is 0 Å². The maximum Gasteiger partial charge on any atom is 0.282 e. The van der Waals surface area contributed by atoms with Gasteiger partial charge >= 0.3 is 0 Å². The van der Waals surface area contributed by atoms with Crippen LogP contribution in [0.3, 0.4) is 0 Å². The number of anilines is 1. The molecule has 1 fully saturated rings. The predicted molar refractivity (Wildman–Crippen MR) is 80.6 cm³/mol. The van der Waals surface area contributed by atoms with Gasteiger partial charge in [0, 0.05) is 13.6 Å². The van der Waals surface area contributed by atoms with Gasteiger partial charge in [-0.25, -0.2) is 4.68 Å². The lowest BCUT2D eigenvalue weighted by atomic mass is 10.1. The van der Waals surface area contributed by atoms with Gasteiger partial charge in [-0.15, -0.1) is 0 Å². The van der Waals surface area contributed by atoms with Gasteiger partial charge in [0.1, 0.15) is 4.47 Å². The number of halogens is 1. The summed E-state index contributed by atoms with van der Waals surface area (Å²) in [5.74, 6) is 0. The van der Waals surface area contributed by atoms with Crippen LogP contribution in [-0.2, 0) is 7.05 Å². The van der Waals surface area contributed by atoms with Crippen LogP contribution in [-0.4, -0.2) is 40.9 Å². The van der Waals surface area contributed by atoms with Crippen molar-refractivity contribution in [3.8, 4) is 0 Å². The summed E-state index contributed by atoms with van der Waals surface area (Å²) in [6, 6.07) is 0. The minimum atomic E-state index is -0.110. The van der Waals surface area contributed by atoms with Crippen molar-refractivity contribution in [3.05, 3.63) is 21.0 Å². The fraction of sp³-hybridized carbons (Fsp3) is 0.692. The van der Waals surface area contributed by atoms with E-state index in [1.807, 2.05) is 0 Å². The van der Waals surface area contributed by atoms with Gasteiger partial charge in [0.2, 0.25) is 0 Å². The number of aromatic nitrogens is 2. The smallest absolute Gasteiger partial charge is 0.282 e. The van der Waals surface area contributed by atoms with Crippen molar-refractivity contribution in [2.24, 2.45) is 7.05 Å². The summed E-state index contributed by atoms with van der Waals surface area (Å²) in [5.41, 5.74) is 0.669. The van der Waals surface area contributed by atoms with Gasteiger partial charge in [-0.05, 0) is 54.8 Å². The highest BCUT2D eigenvalue weighted by molar-refractivity contribution is 9.10. The molecule has 0 spiro atoms. The predicted octanol–water partition coefficient (Wildman–Crippen LogP) is 1.83. The van der Waals surface area contributed by atoms with E-state index in [1.165, 1.54) is 37.0 Å². The van der Waals surface area contributed by atoms with Crippen molar-refractivity contribution in [1.82, 2.24) is 14.7 Å². The molecular formula is C13H21BrN4O. The van der Waals surface area contributed by atoms with Crippen molar-refractivity contribution < 1.29 is 0 Å². The molecule has 2 heterocycles. The molecule has 2 rings (SSSR count). The summed E-state index contributed by atoms with van der Waals surface area (Å²) in [6.45, 7) is 4.46. The highest BCUT2D eigenvalue weighted by Crippen LogP contribution is 2.15. The zero-order valence-electron chi connectivity index (χ0n) is 11.4. The number of nitrogens with zero attached hydrogens (tertiary/aromatic N) is 3. The molecule has 5 nitrogen and oxygen atoms in total. The fourth-order valence-electron chi connectivity index (χ4n) is 2.34. The van der Waals surface area contributed by atoms with E-state index in [4.69, 9.17) is 0 Å². The molecule has 1 aromatic rings. The zero-order chi connectivity index (χ0) is 13.7. The Bertz CT molecular complexity index is 468. The third-order valence-corrected chi connectivity index (χ3v) is 4.26. The SMILES string of the molecule is Cn1ncc(NCCCN2CCCCC2)c(Br)c1=O. The van der Waals surface area contributed by atoms with E-state index in [-0.39, 0.29) is 5.56 Å². The molecule has 1 saturated heterocycles. The van der Waals surface area contributed by atoms with E-state index in [1.54, 1.807) is 13.2 Å². The standard InChI is InChI=1S/C13H21BrN4O/c1-17-13(19)12(14)11(10-16-17)15-6-5-9-18-7-3-2-4-8-18/h10,15H,2-9H2,1H3. The normalized spacial score (nSPS) is 16.5. The minimum absolute atomic E-state index is 0.110. The first-order valence-corrected chi connectivity index (χ1v) is 7.66. The third-order valence-electron chi connectivity index (χ3n) is 3.49. The average molecular weight is 329 g/mol. The van der Waals surface area contributed by atoms with Gasteiger partial charge in [0.05, 0.1) is 11.9 Å². The molecular weight excluding hydrogens is 308 g/mol. The van der Waals surface area contributed by atoms with Gasteiger partial charge < -0.3 is 10.2 Å². The number of nitrogens with one attached hydrogen (secondary N) is 1. The zero-order valence-corrected chi connectivity index (χ0v) is 12.9. The number of piperidine rings is 1. The van der Waals surface area contributed by atoms with Gasteiger partial charge in [-0.2, -0.15) is 5.10 Å². The van der Waals surface area contributed by atoms with E-state index in [2.05, 4.69) is 31.2 Å². The van der Waals surface area contributed by atoms with Gasteiger partial charge in [0.15, 0.2) is 0 Å². The van der Waals surface area contributed by atoms with Crippen LogP contribution in [0, 0.1) is 0 Å². The number of aryl methyl sites for hydroxylation is 1. The molecule has 0 atom stereocenters. The van der Waals surface area contributed by atoms with Crippen LogP contribution >= 0.6 is 15.9 Å². The second kappa shape index (κ2) is 7.05. The molecule has 0 radical (unpaired) electrons. The molecule has 0 saturated carbocycles.